The van der Waals surface area contributed by atoms with E-state index in [1.807, 2.05) is 43.4 Å². The summed E-state index contributed by atoms with van der Waals surface area (Å²) in [7, 11) is 1.82. The number of carbonyl (C=O) groups excluding carboxylic acids is 1. The maximum absolute atomic E-state index is 13.3. The third-order valence-electron chi connectivity index (χ3n) is 5.76. The molecule has 0 atom stereocenters. The summed E-state index contributed by atoms with van der Waals surface area (Å²) in [6, 6.07) is 12.8. The minimum Gasteiger partial charge on any atom is -0.489 e. The Balaban J connectivity index is 1.63. The van der Waals surface area contributed by atoms with Gasteiger partial charge in [-0.25, -0.2) is 14.3 Å². The van der Waals surface area contributed by atoms with Crippen LogP contribution in [0.4, 0.5) is 11.5 Å². The number of carboxylic acid groups (broad SMARTS) is 1. The molecule has 1 amide bonds. The molecule has 2 aromatic carbocycles. The Morgan fingerprint density at radius 1 is 1.12 bits per heavy atom. The Morgan fingerprint density at radius 2 is 1.88 bits per heavy atom. The molecule has 13 heteroatoms. The third-order valence-corrected chi connectivity index (χ3v) is 6.81. The molecule has 2 aliphatic rings. The maximum Gasteiger partial charge on any atom is 0.318 e. The van der Waals surface area contributed by atoms with Crippen LogP contribution in [-0.2, 0) is 20.8 Å². The number of hydrogen-bond donors (Lipinski definition) is 4. The van der Waals surface area contributed by atoms with E-state index < -0.39 is 11.9 Å². The molecule has 1 aromatic heterocycles. The number of amides is 1. The summed E-state index contributed by atoms with van der Waals surface area (Å²) >= 11 is 1.32. The zero-order chi connectivity index (χ0) is 28.3. The van der Waals surface area contributed by atoms with Crippen LogP contribution in [0.1, 0.15) is 16.1 Å². The molecular formula is C27H32N6O6S. The van der Waals surface area contributed by atoms with E-state index in [1.54, 1.807) is 10.4 Å². The van der Waals surface area contributed by atoms with Crippen LogP contribution in [-0.4, -0.2) is 84.4 Å². The van der Waals surface area contributed by atoms with Crippen molar-refractivity contribution in [2.24, 2.45) is 0 Å². The smallest absolute Gasteiger partial charge is 0.318 e. The van der Waals surface area contributed by atoms with Crippen molar-refractivity contribution in [3.63, 3.8) is 0 Å². The van der Waals surface area contributed by atoms with Gasteiger partial charge in [0.05, 0.1) is 44.0 Å². The average molecular weight is 569 g/mol. The number of hydrogen-bond acceptors (Lipinski definition) is 11. The van der Waals surface area contributed by atoms with Crippen LogP contribution < -0.4 is 21.1 Å². The third kappa shape index (κ3) is 8.13. The molecule has 212 valence electrons. The van der Waals surface area contributed by atoms with E-state index in [0.29, 0.717) is 56.6 Å². The van der Waals surface area contributed by atoms with Crippen LogP contribution in [0.25, 0.3) is 11.3 Å². The first-order chi connectivity index (χ1) is 19.4. The van der Waals surface area contributed by atoms with Gasteiger partial charge in [-0.05, 0) is 37.2 Å². The number of fused-ring (bicyclic) bond motifs is 13. The van der Waals surface area contributed by atoms with Crippen LogP contribution in [0.5, 0.6) is 5.75 Å². The van der Waals surface area contributed by atoms with E-state index in [1.165, 1.54) is 18.1 Å². The molecule has 0 aliphatic carbocycles. The van der Waals surface area contributed by atoms with Crippen molar-refractivity contribution in [3.8, 4) is 17.0 Å². The number of benzene rings is 2. The van der Waals surface area contributed by atoms with Crippen LogP contribution in [0.15, 0.2) is 53.6 Å². The van der Waals surface area contributed by atoms with E-state index in [0.717, 1.165) is 16.0 Å². The first-order valence-corrected chi connectivity index (χ1v) is 13.5. The van der Waals surface area contributed by atoms with Crippen molar-refractivity contribution in [1.82, 2.24) is 19.6 Å². The number of para-hydroxylation sites is 1. The second-order valence-electron chi connectivity index (χ2n) is 8.71. The lowest BCUT2D eigenvalue weighted by Gasteiger charge is -2.19. The number of aromatic nitrogens is 2. The van der Waals surface area contributed by atoms with Gasteiger partial charge >= 0.3 is 5.97 Å². The van der Waals surface area contributed by atoms with E-state index >= 15 is 0 Å². The molecule has 0 radical (unpaired) electrons. The highest BCUT2D eigenvalue weighted by Gasteiger charge is 2.19. The number of nitrogens with two attached hydrogens (primary N) is 1. The Kier molecular flexibility index (Phi) is 10.7. The van der Waals surface area contributed by atoms with Gasteiger partial charge in [0.25, 0.3) is 5.91 Å². The van der Waals surface area contributed by atoms with Gasteiger partial charge in [-0.1, -0.05) is 24.3 Å². The second kappa shape index (κ2) is 14.6. The van der Waals surface area contributed by atoms with Gasteiger partial charge in [-0.15, -0.1) is 0 Å². The van der Waals surface area contributed by atoms with Gasteiger partial charge in [-0.3, -0.25) is 9.59 Å². The van der Waals surface area contributed by atoms with Gasteiger partial charge in [0.2, 0.25) is 0 Å². The van der Waals surface area contributed by atoms with Crippen molar-refractivity contribution in [1.29, 1.82) is 0 Å². The molecular weight excluding hydrogens is 536 g/mol. The molecule has 3 heterocycles. The zero-order valence-corrected chi connectivity index (χ0v) is 22.9. The first kappa shape index (κ1) is 29.2. The van der Waals surface area contributed by atoms with Crippen LogP contribution in [0.2, 0.25) is 0 Å². The fourth-order valence-corrected chi connectivity index (χ4v) is 4.80. The Morgan fingerprint density at radius 3 is 2.62 bits per heavy atom. The fraction of sp³-hybridized carbons (Fsp3) is 0.333. The van der Waals surface area contributed by atoms with Crippen molar-refractivity contribution >= 4 is 35.3 Å². The molecule has 0 fully saturated rings. The van der Waals surface area contributed by atoms with Gasteiger partial charge in [0.15, 0.2) is 11.5 Å². The van der Waals surface area contributed by atoms with E-state index in [2.05, 4.69) is 20.6 Å². The average Bonchev–Trinajstić information content (AvgIpc) is 2.93. The topological polar surface area (TPSA) is 161 Å². The molecule has 3 aromatic rings. The molecule has 12 nitrogen and oxygen atoms in total. The van der Waals surface area contributed by atoms with E-state index in [4.69, 9.17) is 19.9 Å². The molecule has 0 spiro atoms. The highest BCUT2D eigenvalue weighted by molar-refractivity contribution is 7.97. The van der Waals surface area contributed by atoms with Crippen LogP contribution in [0, 0.1) is 0 Å². The number of nitrogens with one attached hydrogen (secondary N) is 2. The zero-order valence-electron chi connectivity index (χ0n) is 22.1. The molecule has 4 bridgehead atoms. The first-order valence-electron chi connectivity index (χ1n) is 12.7. The predicted octanol–water partition coefficient (Wildman–Crippen LogP) is 2.52. The largest absolute Gasteiger partial charge is 0.489 e. The van der Waals surface area contributed by atoms with Gasteiger partial charge in [0.1, 0.15) is 18.9 Å². The van der Waals surface area contributed by atoms with Crippen molar-refractivity contribution in [2.75, 3.05) is 64.2 Å². The van der Waals surface area contributed by atoms with Crippen molar-refractivity contribution in [3.05, 3.63) is 59.9 Å². The summed E-state index contributed by atoms with van der Waals surface area (Å²) in [6.45, 7) is 2.41. The summed E-state index contributed by atoms with van der Waals surface area (Å²) in [6.07, 6.45) is 1.50. The number of rotatable bonds is 4. The Hall–Kier alpha value is -3.75. The molecule has 0 saturated heterocycles. The number of anilines is 2. The van der Waals surface area contributed by atoms with Crippen LogP contribution in [0.3, 0.4) is 0 Å². The monoisotopic (exact) mass is 568 g/mol. The number of aliphatic carboxylic acids is 1. The molecule has 0 saturated carbocycles. The number of carbonyl (C=O) groups is 2. The Labute approximate surface area is 236 Å². The lowest BCUT2D eigenvalue weighted by atomic mass is 10.1. The molecule has 5 rings (SSSR count). The predicted molar refractivity (Wildman–Crippen MR) is 151 cm³/mol. The van der Waals surface area contributed by atoms with E-state index in [9.17, 15) is 14.7 Å². The summed E-state index contributed by atoms with van der Waals surface area (Å²) in [4.78, 5) is 34.2. The highest BCUT2D eigenvalue weighted by Crippen LogP contribution is 2.30. The number of nitrogens with zero attached hydrogens (tertiary/aromatic N) is 3. The van der Waals surface area contributed by atoms with Crippen LogP contribution >= 0.6 is 11.9 Å². The normalized spacial score (nSPS) is 15.7. The molecule has 40 heavy (non-hydrogen) atoms. The maximum atomic E-state index is 13.3. The van der Waals surface area contributed by atoms with Gasteiger partial charge in [0, 0.05) is 29.1 Å². The van der Waals surface area contributed by atoms with Gasteiger partial charge in [-0.2, -0.15) is 0 Å². The summed E-state index contributed by atoms with van der Waals surface area (Å²) in [5, 5.41) is 15.3. The quantitative estimate of drug-likeness (QED) is 0.269. The standard InChI is InChI=1S/C27H32N6O6S/c1-29-15-19-3-2-4-21-25(19)39-14-13-38-12-11-37-10-9-33(17-23(34)35)40-20-7-5-18(6-8-20)22-16-30-26(28)24(31-22)27(36)32-21/h2-8,16,29H,9-15,17H2,1H3,(H2,28,30)(H,32,36)(H,34,35). The lowest BCUT2D eigenvalue weighted by Crippen LogP contribution is -2.27. The molecule has 0 unspecified atom stereocenters. The lowest BCUT2D eigenvalue weighted by molar-refractivity contribution is -0.137. The summed E-state index contributed by atoms with van der Waals surface area (Å²) in [5.41, 5.74) is 8.55. The summed E-state index contributed by atoms with van der Waals surface area (Å²) in [5.74, 6) is -0.945. The number of nitrogen functional groups attached to an aromatic ring is 1. The van der Waals surface area contributed by atoms with Crippen molar-refractivity contribution in [2.45, 2.75) is 11.4 Å². The summed E-state index contributed by atoms with van der Waals surface area (Å²) < 4.78 is 19.0. The SMILES string of the molecule is CNCc1cccc2c1OCCOCCOCCN(CC(=O)O)Sc1ccc(cc1)-c1cnc(N)c(n1)C(=O)N2. The van der Waals surface area contributed by atoms with Gasteiger partial charge < -0.3 is 35.7 Å². The number of carboxylic acids is 1. The van der Waals surface area contributed by atoms with Crippen molar-refractivity contribution < 1.29 is 28.9 Å². The Bertz CT molecular complexity index is 1310. The number of ether oxygens (including phenoxy) is 3. The highest BCUT2D eigenvalue weighted by atomic mass is 32.2. The minimum absolute atomic E-state index is 0.00309. The fourth-order valence-electron chi connectivity index (χ4n) is 3.90. The second-order valence-corrected chi connectivity index (χ2v) is 9.88. The minimum atomic E-state index is -0.934. The molecule has 5 N–H and O–H groups in total. The van der Waals surface area contributed by atoms with E-state index in [-0.39, 0.29) is 24.7 Å². The molecule has 2 aliphatic heterocycles.